The Bertz CT molecular complexity index is 668. The summed E-state index contributed by atoms with van der Waals surface area (Å²) in [7, 11) is 0. The van der Waals surface area contributed by atoms with Crippen LogP contribution in [0.2, 0.25) is 0 Å². The molecule has 6 heteroatoms. The Morgan fingerprint density at radius 2 is 2.41 bits per heavy atom. The first kappa shape index (κ1) is 14.6. The maximum Gasteiger partial charge on any atom is 0.287 e. The van der Waals surface area contributed by atoms with Gasteiger partial charge in [0.05, 0.1) is 18.5 Å². The van der Waals surface area contributed by atoms with Gasteiger partial charge in [0, 0.05) is 19.1 Å². The molecule has 1 saturated heterocycles. The molecule has 0 aliphatic carbocycles. The van der Waals surface area contributed by atoms with Crippen molar-refractivity contribution in [1.82, 2.24) is 10.3 Å². The quantitative estimate of drug-likeness (QED) is 0.893. The first-order valence-electron chi connectivity index (χ1n) is 7.41. The third kappa shape index (κ3) is 3.28. The second-order valence-electron chi connectivity index (χ2n) is 5.65. The Labute approximate surface area is 129 Å². The highest BCUT2D eigenvalue weighted by atomic mass is 16.3. The fourth-order valence-electron chi connectivity index (χ4n) is 2.55. The second-order valence-corrected chi connectivity index (χ2v) is 5.65. The standard InChI is InChI=1S/C16H20N4O2/c1-11-7-14(22-10-11)16(21)18-8-13-3-2-4-15(19-13)20-6-5-12(17)9-20/h2-4,7,10,12H,5-6,8-9,17H2,1H3,(H,18,21). The van der Waals surface area contributed by atoms with Gasteiger partial charge in [0.15, 0.2) is 5.76 Å². The van der Waals surface area contributed by atoms with Gasteiger partial charge in [-0.25, -0.2) is 4.98 Å². The first-order chi connectivity index (χ1) is 10.6. The molecule has 116 valence electrons. The number of nitrogens with zero attached hydrogens (tertiary/aromatic N) is 2. The molecular weight excluding hydrogens is 280 g/mol. The van der Waals surface area contributed by atoms with Crippen molar-refractivity contribution in [2.75, 3.05) is 18.0 Å². The predicted octanol–water partition coefficient (Wildman–Crippen LogP) is 1.45. The van der Waals surface area contributed by atoms with Crippen molar-refractivity contribution in [2.24, 2.45) is 5.73 Å². The van der Waals surface area contributed by atoms with Gasteiger partial charge in [-0.05, 0) is 37.1 Å². The van der Waals surface area contributed by atoms with Crippen molar-refractivity contribution in [3.8, 4) is 0 Å². The van der Waals surface area contributed by atoms with Gasteiger partial charge in [-0.15, -0.1) is 0 Å². The Morgan fingerprint density at radius 3 is 3.09 bits per heavy atom. The summed E-state index contributed by atoms with van der Waals surface area (Å²) < 4.78 is 5.18. The molecule has 1 aliphatic heterocycles. The zero-order chi connectivity index (χ0) is 15.5. The summed E-state index contributed by atoms with van der Waals surface area (Å²) in [5, 5.41) is 2.82. The van der Waals surface area contributed by atoms with Crippen LogP contribution in [-0.2, 0) is 6.54 Å². The number of rotatable bonds is 4. The molecule has 3 rings (SSSR count). The summed E-state index contributed by atoms with van der Waals surface area (Å²) in [5.74, 6) is 0.996. The number of anilines is 1. The number of amides is 1. The van der Waals surface area contributed by atoms with Gasteiger partial charge in [0.25, 0.3) is 5.91 Å². The molecule has 22 heavy (non-hydrogen) atoms. The van der Waals surface area contributed by atoms with Crippen LogP contribution in [0.4, 0.5) is 5.82 Å². The molecule has 0 bridgehead atoms. The summed E-state index contributed by atoms with van der Waals surface area (Å²) in [6, 6.07) is 7.74. The molecule has 1 atom stereocenters. The highest BCUT2D eigenvalue weighted by molar-refractivity contribution is 5.91. The van der Waals surface area contributed by atoms with Gasteiger partial charge in [-0.2, -0.15) is 0 Å². The SMILES string of the molecule is Cc1coc(C(=O)NCc2cccc(N3CCC(N)C3)n2)c1. The van der Waals surface area contributed by atoms with Gasteiger partial charge in [-0.1, -0.05) is 6.07 Å². The Morgan fingerprint density at radius 1 is 1.55 bits per heavy atom. The lowest BCUT2D eigenvalue weighted by Gasteiger charge is -2.17. The summed E-state index contributed by atoms with van der Waals surface area (Å²) in [5.41, 5.74) is 7.67. The summed E-state index contributed by atoms with van der Waals surface area (Å²) >= 11 is 0. The monoisotopic (exact) mass is 300 g/mol. The molecule has 1 fully saturated rings. The second kappa shape index (κ2) is 6.19. The average Bonchev–Trinajstić information content (AvgIpc) is 3.14. The number of furan rings is 1. The number of hydrogen-bond acceptors (Lipinski definition) is 5. The Balaban J connectivity index is 1.62. The van der Waals surface area contributed by atoms with Crippen LogP contribution in [0, 0.1) is 6.92 Å². The number of nitrogens with two attached hydrogens (primary N) is 1. The Kier molecular flexibility index (Phi) is 4.11. The van der Waals surface area contributed by atoms with Crippen LogP contribution in [0.1, 0.15) is 28.2 Å². The van der Waals surface area contributed by atoms with Gasteiger partial charge in [0.2, 0.25) is 0 Å². The molecule has 3 heterocycles. The van der Waals surface area contributed by atoms with Crippen molar-refractivity contribution < 1.29 is 9.21 Å². The minimum absolute atomic E-state index is 0.215. The molecule has 0 saturated carbocycles. The first-order valence-corrected chi connectivity index (χ1v) is 7.41. The normalized spacial score (nSPS) is 17.7. The Hall–Kier alpha value is -2.34. The number of aryl methyl sites for hydroxylation is 1. The molecule has 1 amide bonds. The molecule has 1 aliphatic rings. The van der Waals surface area contributed by atoms with Crippen molar-refractivity contribution in [3.63, 3.8) is 0 Å². The van der Waals surface area contributed by atoms with E-state index in [1.54, 1.807) is 12.3 Å². The van der Waals surface area contributed by atoms with E-state index in [0.29, 0.717) is 12.3 Å². The lowest BCUT2D eigenvalue weighted by molar-refractivity contribution is 0.0922. The van der Waals surface area contributed by atoms with E-state index in [9.17, 15) is 4.79 Å². The van der Waals surface area contributed by atoms with Crippen LogP contribution < -0.4 is 16.0 Å². The average molecular weight is 300 g/mol. The molecule has 0 aromatic carbocycles. The number of pyridine rings is 1. The maximum absolute atomic E-state index is 12.0. The summed E-state index contributed by atoms with van der Waals surface area (Å²) in [6.07, 6.45) is 2.55. The molecule has 0 spiro atoms. The van der Waals surface area contributed by atoms with Crippen LogP contribution in [0.5, 0.6) is 0 Å². The molecule has 3 N–H and O–H groups in total. The van der Waals surface area contributed by atoms with E-state index in [0.717, 1.165) is 36.6 Å². The van der Waals surface area contributed by atoms with Crippen LogP contribution in [0.3, 0.4) is 0 Å². The van der Waals surface area contributed by atoms with E-state index in [1.165, 1.54) is 0 Å². The van der Waals surface area contributed by atoms with Gasteiger partial charge in [-0.3, -0.25) is 4.79 Å². The molecule has 2 aromatic heterocycles. The number of aromatic nitrogens is 1. The van der Waals surface area contributed by atoms with Gasteiger partial charge in [0.1, 0.15) is 5.82 Å². The van der Waals surface area contributed by atoms with Crippen molar-refractivity contribution in [3.05, 3.63) is 47.5 Å². The third-order valence-electron chi connectivity index (χ3n) is 3.73. The van der Waals surface area contributed by atoms with Crippen molar-refractivity contribution in [2.45, 2.75) is 25.9 Å². The van der Waals surface area contributed by atoms with Crippen molar-refractivity contribution in [1.29, 1.82) is 0 Å². The fourth-order valence-corrected chi connectivity index (χ4v) is 2.55. The highest BCUT2D eigenvalue weighted by Crippen LogP contribution is 2.17. The van der Waals surface area contributed by atoms with E-state index >= 15 is 0 Å². The van der Waals surface area contributed by atoms with E-state index in [-0.39, 0.29) is 11.9 Å². The molecular formula is C16H20N4O2. The minimum atomic E-state index is -0.233. The predicted molar refractivity (Wildman–Crippen MR) is 83.7 cm³/mol. The van der Waals surface area contributed by atoms with Crippen molar-refractivity contribution >= 4 is 11.7 Å². The lowest BCUT2D eigenvalue weighted by atomic mass is 10.3. The van der Waals surface area contributed by atoms with Crippen LogP contribution in [-0.4, -0.2) is 30.0 Å². The maximum atomic E-state index is 12.0. The summed E-state index contributed by atoms with van der Waals surface area (Å²) in [6.45, 7) is 4.00. The van der Waals surface area contributed by atoms with E-state index in [2.05, 4.69) is 15.2 Å². The molecule has 6 nitrogen and oxygen atoms in total. The smallest absolute Gasteiger partial charge is 0.287 e. The fraction of sp³-hybridized carbons (Fsp3) is 0.375. The zero-order valence-corrected chi connectivity index (χ0v) is 12.6. The number of carbonyl (C=O) groups is 1. The molecule has 1 unspecified atom stereocenters. The summed E-state index contributed by atoms with van der Waals surface area (Å²) in [4.78, 5) is 18.7. The number of nitrogens with one attached hydrogen (secondary N) is 1. The van der Waals surface area contributed by atoms with Crippen LogP contribution in [0.25, 0.3) is 0 Å². The number of carbonyl (C=O) groups excluding carboxylic acids is 1. The zero-order valence-electron chi connectivity index (χ0n) is 12.6. The van der Waals surface area contributed by atoms with Gasteiger partial charge < -0.3 is 20.4 Å². The highest BCUT2D eigenvalue weighted by Gasteiger charge is 2.20. The van der Waals surface area contributed by atoms with E-state index < -0.39 is 0 Å². The van der Waals surface area contributed by atoms with Gasteiger partial charge >= 0.3 is 0 Å². The largest absolute Gasteiger partial charge is 0.459 e. The molecule has 0 radical (unpaired) electrons. The lowest BCUT2D eigenvalue weighted by Crippen LogP contribution is -2.27. The van der Waals surface area contributed by atoms with Crippen LogP contribution in [0.15, 0.2) is 34.9 Å². The molecule has 2 aromatic rings. The topological polar surface area (TPSA) is 84.4 Å². The minimum Gasteiger partial charge on any atom is -0.459 e. The third-order valence-corrected chi connectivity index (χ3v) is 3.73. The van der Waals surface area contributed by atoms with E-state index in [4.69, 9.17) is 10.2 Å². The van der Waals surface area contributed by atoms with E-state index in [1.807, 2.05) is 25.1 Å². The van der Waals surface area contributed by atoms with Crippen LogP contribution >= 0.6 is 0 Å². The number of hydrogen-bond donors (Lipinski definition) is 2.